The van der Waals surface area contributed by atoms with Crippen LogP contribution in [0.2, 0.25) is 0 Å². The van der Waals surface area contributed by atoms with Crippen LogP contribution in [0.25, 0.3) is 0 Å². The Morgan fingerprint density at radius 3 is 1.97 bits per heavy atom. The molecule has 2 N–H and O–H groups in total. The van der Waals surface area contributed by atoms with Gasteiger partial charge in [0.15, 0.2) is 0 Å². The van der Waals surface area contributed by atoms with Crippen LogP contribution in [0.5, 0.6) is 0 Å². The van der Waals surface area contributed by atoms with Crippen molar-refractivity contribution in [2.75, 3.05) is 10.0 Å². The monoisotopic (exact) mass is 418 g/mol. The molecule has 1 aromatic heterocycles. The van der Waals surface area contributed by atoms with E-state index in [0.29, 0.717) is 17.1 Å². The molecule has 29 heavy (non-hydrogen) atoms. The van der Waals surface area contributed by atoms with Crippen LogP contribution in [0.3, 0.4) is 0 Å². The highest BCUT2D eigenvalue weighted by molar-refractivity contribution is 7.92. The van der Waals surface area contributed by atoms with Crippen LogP contribution in [0.4, 0.5) is 11.6 Å². The molecule has 0 aliphatic heterocycles. The third kappa shape index (κ3) is 6.52. The minimum absolute atomic E-state index is 0.0145. The highest BCUT2D eigenvalue weighted by Gasteiger charge is 2.32. The number of sulfonamides is 1. The molecule has 0 radical (unpaired) electrons. The number of carbonyl (C=O) groups excluding carboxylic acids is 1. The van der Waals surface area contributed by atoms with Gasteiger partial charge in [-0.3, -0.25) is 4.79 Å². The number of benzene rings is 1. The predicted octanol–water partition coefficient (Wildman–Crippen LogP) is 4.30. The van der Waals surface area contributed by atoms with Crippen LogP contribution < -0.4 is 10.0 Å². The van der Waals surface area contributed by atoms with E-state index in [2.05, 4.69) is 40.8 Å². The Bertz CT molecular complexity index is 971. The van der Waals surface area contributed by atoms with Gasteiger partial charge in [-0.05, 0) is 56.0 Å². The van der Waals surface area contributed by atoms with Gasteiger partial charge in [-0.1, -0.05) is 34.6 Å². The molecule has 0 aliphatic carbocycles. The highest BCUT2D eigenvalue weighted by Crippen LogP contribution is 2.34. The summed E-state index contributed by atoms with van der Waals surface area (Å²) in [6, 6.07) is 7.79. The molecule has 158 valence electrons. The average molecular weight is 419 g/mol. The summed E-state index contributed by atoms with van der Waals surface area (Å²) in [6.45, 7) is 13.6. The van der Waals surface area contributed by atoms with E-state index in [9.17, 15) is 13.2 Å². The van der Waals surface area contributed by atoms with Gasteiger partial charge in [-0.15, -0.1) is 0 Å². The summed E-state index contributed by atoms with van der Waals surface area (Å²) in [6.07, 6.45) is 0.720. The Labute approximate surface area is 173 Å². The zero-order valence-electron chi connectivity index (χ0n) is 18.1. The van der Waals surface area contributed by atoms with Gasteiger partial charge in [0.2, 0.25) is 11.9 Å². The number of hydrogen-bond donors (Lipinski definition) is 2. The minimum atomic E-state index is -3.83. The van der Waals surface area contributed by atoms with Crippen LogP contribution in [0.1, 0.15) is 52.4 Å². The lowest BCUT2D eigenvalue weighted by Crippen LogP contribution is -2.34. The lowest BCUT2D eigenvalue weighted by Gasteiger charge is -2.31. The molecule has 2 aromatic rings. The van der Waals surface area contributed by atoms with Crippen LogP contribution in [0.15, 0.2) is 35.2 Å². The second-order valence-electron chi connectivity index (χ2n) is 9.18. The van der Waals surface area contributed by atoms with Gasteiger partial charge in [0, 0.05) is 22.5 Å². The van der Waals surface area contributed by atoms with Crippen molar-refractivity contribution in [2.45, 2.75) is 59.8 Å². The molecular formula is C21H30N4O3S. The average Bonchev–Trinajstić information content (AvgIpc) is 2.51. The summed E-state index contributed by atoms with van der Waals surface area (Å²) in [5, 5.41) is 2.87. The number of rotatable bonds is 6. The zero-order valence-corrected chi connectivity index (χ0v) is 18.9. The van der Waals surface area contributed by atoms with Crippen LogP contribution in [-0.4, -0.2) is 24.3 Å². The number of aryl methyl sites for hydroxylation is 2. The van der Waals surface area contributed by atoms with Gasteiger partial charge in [-0.25, -0.2) is 23.1 Å². The molecule has 1 aromatic carbocycles. The fourth-order valence-corrected chi connectivity index (χ4v) is 4.32. The normalized spacial score (nSPS) is 12.5. The van der Waals surface area contributed by atoms with Gasteiger partial charge in [0.05, 0.1) is 4.90 Å². The molecule has 0 spiro atoms. The van der Waals surface area contributed by atoms with E-state index in [1.807, 2.05) is 13.8 Å². The first-order valence-corrected chi connectivity index (χ1v) is 10.9. The number of hydrogen-bond acceptors (Lipinski definition) is 5. The molecule has 1 heterocycles. The molecule has 0 saturated carbocycles. The third-order valence-corrected chi connectivity index (χ3v) is 5.56. The fraction of sp³-hybridized carbons (Fsp3) is 0.476. The summed E-state index contributed by atoms with van der Waals surface area (Å²) in [4.78, 5) is 20.9. The minimum Gasteiger partial charge on any atom is -0.326 e. The molecule has 0 atom stereocenters. The van der Waals surface area contributed by atoms with E-state index in [4.69, 9.17) is 0 Å². The van der Waals surface area contributed by atoms with Crippen LogP contribution in [0, 0.1) is 24.7 Å². The van der Waals surface area contributed by atoms with Gasteiger partial charge >= 0.3 is 0 Å². The smallest absolute Gasteiger partial charge is 0.264 e. The standard InChI is InChI=1S/C21H30N4O3S/c1-14-12-15(2)23-19(22-14)25-29(27,28)17-10-8-16(9-11-17)24-18(26)21(6,7)13-20(3,4)5/h8-12H,13H2,1-7H3,(H,24,26)(H,22,23,25). The van der Waals surface area contributed by atoms with E-state index in [-0.39, 0.29) is 22.2 Å². The highest BCUT2D eigenvalue weighted by atomic mass is 32.2. The first-order valence-electron chi connectivity index (χ1n) is 9.45. The Hall–Kier alpha value is -2.48. The van der Waals surface area contributed by atoms with E-state index in [1.165, 1.54) is 12.1 Å². The lowest BCUT2D eigenvalue weighted by molar-refractivity contribution is -0.125. The number of amides is 1. The van der Waals surface area contributed by atoms with Gasteiger partial charge < -0.3 is 5.32 Å². The summed E-state index contributed by atoms with van der Waals surface area (Å²) < 4.78 is 27.6. The van der Waals surface area contributed by atoms with Crippen molar-refractivity contribution in [2.24, 2.45) is 10.8 Å². The van der Waals surface area contributed by atoms with Crippen molar-refractivity contribution < 1.29 is 13.2 Å². The summed E-state index contributed by atoms with van der Waals surface area (Å²) >= 11 is 0. The SMILES string of the molecule is Cc1cc(C)nc(NS(=O)(=O)c2ccc(NC(=O)C(C)(C)CC(C)(C)C)cc2)n1. The Morgan fingerprint density at radius 1 is 0.966 bits per heavy atom. The molecule has 0 unspecified atom stereocenters. The van der Waals surface area contributed by atoms with Crippen LogP contribution in [-0.2, 0) is 14.8 Å². The quantitative estimate of drug-likeness (QED) is 0.728. The molecule has 8 heteroatoms. The van der Waals surface area contributed by atoms with E-state index < -0.39 is 15.4 Å². The van der Waals surface area contributed by atoms with Crippen molar-refractivity contribution >= 4 is 27.6 Å². The lowest BCUT2D eigenvalue weighted by atomic mass is 9.75. The molecule has 2 rings (SSSR count). The Kier molecular flexibility index (Phi) is 6.37. The van der Waals surface area contributed by atoms with Gasteiger partial charge in [0.25, 0.3) is 10.0 Å². The van der Waals surface area contributed by atoms with Crippen molar-refractivity contribution in [3.63, 3.8) is 0 Å². The number of aromatic nitrogens is 2. The predicted molar refractivity (Wildman–Crippen MR) is 115 cm³/mol. The van der Waals surface area contributed by atoms with Crippen molar-refractivity contribution in [3.8, 4) is 0 Å². The maximum Gasteiger partial charge on any atom is 0.264 e. The fourth-order valence-electron chi connectivity index (χ4n) is 3.37. The van der Waals surface area contributed by atoms with Gasteiger partial charge in [0.1, 0.15) is 0 Å². The maximum absolute atomic E-state index is 12.6. The molecular weight excluding hydrogens is 388 g/mol. The zero-order chi connectivity index (χ0) is 22.0. The molecule has 7 nitrogen and oxygen atoms in total. The summed E-state index contributed by atoms with van der Waals surface area (Å²) in [5.74, 6) is -0.0754. The molecule has 1 amide bonds. The first-order chi connectivity index (χ1) is 13.2. The molecule has 0 bridgehead atoms. The topological polar surface area (TPSA) is 101 Å². The Balaban J connectivity index is 2.13. The molecule has 0 fully saturated rings. The van der Waals surface area contributed by atoms with Crippen molar-refractivity contribution in [1.29, 1.82) is 0 Å². The number of nitrogens with one attached hydrogen (secondary N) is 2. The second kappa shape index (κ2) is 8.10. The van der Waals surface area contributed by atoms with E-state index in [1.54, 1.807) is 32.0 Å². The number of nitrogens with zero attached hydrogens (tertiary/aromatic N) is 2. The first kappa shape index (κ1) is 22.8. The van der Waals surface area contributed by atoms with Crippen LogP contribution >= 0.6 is 0 Å². The molecule has 0 saturated heterocycles. The van der Waals surface area contributed by atoms with Gasteiger partial charge in [-0.2, -0.15) is 0 Å². The second-order valence-corrected chi connectivity index (χ2v) is 10.9. The largest absolute Gasteiger partial charge is 0.326 e. The van der Waals surface area contributed by atoms with E-state index >= 15 is 0 Å². The van der Waals surface area contributed by atoms with Crippen molar-refractivity contribution in [3.05, 3.63) is 41.7 Å². The number of anilines is 2. The third-order valence-electron chi connectivity index (χ3n) is 4.22. The molecule has 0 aliphatic rings. The maximum atomic E-state index is 12.6. The Morgan fingerprint density at radius 2 is 1.48 bits per heavy atom. The van der Waals surface area contributed by atoms with E-state index in [0.717, 1.165) is 6.42 Å². The summed E-state index contributed by atoms with van der Waals surface area (Å²) in [5.41, 5.74) is 1.35. The number of carbonyl (C=O) groups is 1. The van der Waals surface area contributed by atoms with Crippen molar-refractivity contribution in [1.82, 2.24) is 9.97 Å². The summed E-state index contributed by atoms with van der Waals surface area (Å²) in [7, 11) is -3.83.